The molecule has 0 aromatic carbocycles. The third-order valence-electron chi connectivity index (χ3n) is 3.36. The highest BCUT2D eigenvalue weighted by Crippen LogP contribution is 1.89. The Bertz CT molecular complexity index is 329. The van der Waals surface area contributed by atoms with Crippen LogP contribution in [-0.2, 0) is 28.5 Å². The van der Waals surface area contributed by atoms with Crippen molar-refractivity contribution in [2.75, 3.05) is 79.2 Å². The van der Waals surface area contributed by atoms with Gasteiger partial charge in [-0.25, -0.2) is 0 Å². The van der Waals surface area contributed by atoms with Gasteiger partial charge in [-0.1, -0.05) is 27.7 Å². The molecular weight excluding hydrogens is 352 g/mol. The molecule has 0 bridgehead atoms. The molecule has 1 amide bonds. The van der Waals surface area contributed by atoms with Crippen LogP contribution in [-0.4, -0.2) is 91.1 Å². The summed E-state index contributed by atoms with van der Waals surface area (Å²) in [5, 5.41) is 6.08. The molecule has 0 spiro atoms. The molecule has 2 N–H and O–H groups in total. The van der Waals surface area contributed by atoms with E-state index in [1.54, 1.807) is 0 Å². The second-order valence-corrected chi connectivity index (χ2v) is 6.62. The summed E-state index contributed by atoms with van der Waals surface area (Å²) in [6.45, 7) is 14.9. The molecular formula is C19H40N2O6. The van der Waals surface area contributed by atoms with E-state index in [0.717, 1.165) is 6.54 Å². The molecule has 0 unspecified atom stereocenters. The molecule has 162 valence electrons. The van der Waals surface area contributed by atoms with Crippen molar-refractivity contribution in [1.29, 1.82) is 0 Å². The lowest BCUT2D eigenvalue weighted by atomic mass is 10.2. The number of ether oxygens (including phenoxy) is 5. The number of carbonyl (C=O) groups excluding carboxylic acids is 1. The largest absolute Gasteiger partial charge is 0.378 e. The van der Waals surface area contributed by atoms with Gasteiger partial charge in [0, 0.05) is 25.0 Å². The van der Waals surface area contributed by atoms with E-state index in [0.29, 0.717) is 78.7 Å². The van der Waals surface area contributed by atoms with Gasteiger partial charge in [-0.3, -0.25) is 4.79 Å². The summed E-state index contributed by atoms with van der Waals surface area (Å²) in [5.74, 6) is 0.0478. The first-order chi connectivity index (χ1) is 13.0. The fourth-order valence-electron chi connectivity index (χ4n) is 1.85. The van der Waals surface area contributed by atoms with Crippen molar-refractivity contribution >= 4 is 5.91 Å². The van der Waals surface area contributed by atoms with Crippen LogP contribution < -0.4 is 10.6 Å². The van der Waals surface area contributed by atoms with Crippen molar-refractivity contribution < 1.29 is 28.5 Å². The van der Waals surface area contributed by atoms with Gasteiger partial charge in [0.2, 0.25) is 5.91 Å². The van der Waals surface area contributed by atoms with Crippen LogP contribution in [0.4, 0.5) is 0 Å². The van der Waals surface area contributed by atoms with Crippen molar-refractivity contribution in [3.63, 3.8) is 0 Å². The molecule has 0 aliphatic heterocycles. The molecule has 0 aromatic heterocycles. The molecule has 0 aliphatic rings. The van der Waals surface area contributed by atoms with Crippen molar-refractivity contribution in [3.8, 4) is 0 Å². The van der Waals surface area contributed by atoms with Crippen LogP contribution in [0.3, 0.4) is 0 Å². The minimum absolute atomic E-state index is 0.00387. The van der Waals surface area contributed by atoms with Crippen molar-refractivity contribution in [3.05, 3.63) is 0 Å². The number of amides is 1. The Labute approximate surface area is 164 Å². The predicted molar refractivity (Wildman–Crippen MR) is 105 cm³/mol. The summed E-state index contributed by atoms with van der Waals surface area (Å²) in [4.78, 5) is 11.3. The topological polar surface area (TPSA) is 87.3 Å². The van der Waals surface area contributed by atoms with Gasteiger partial charge >= 0.3 is 0 Å². The van der Waals surface area contributed by atoms with Crippen molar-refractivity contribution in [2.24, 2.45) is 5.92 Å². The van der Waals surface area contributed by atoms with Gasteiger partial charge in [-0.15, -0.1) is 0 Å². The van der Waals surface area contributed by atoms with E-state index in [1.807, 2.05) is 13.8 Å². The fourth-order valence-corrected chi connectivity index (χ4v) is 1.85. The highest BCUT2D eigenvalue weighted by atomic mass is 16.6. The van der Waals surface area contributed by atoms with E-state index in [4.69, 9.17) is 23.7 Å². The summed E-state index contributed by atoms with van der Waals surface area (Å²) in [6.07, 6.45) is 0. The molecule has 0 atom stereocenters. The smallest absolute Gasteiger partial charge is 0.222 e. The Morgan fingerprint density at radius 1 is 0.630 bits per heavy atom. The van der Waals surface area contributed by atoms with E-state index >= 15 is 0 Å². The molecule has 27 heavy (non-hydrogen) atoms. The lowest BCUT2D eigenvalue weighted by Gasteiger charge is -2.09. The Hall–Kier alpha value is -0.770. The Morgan fingerprint density at radius 2 is 1.00 bits per heavy atom. The fraction of sp³-hybridized carbons (Fsp3) is 0.947. The normalized spacial score (nSPS) is 11.5. The van der Waals surface area contributed by atoms with E-state index < -0.39 is 0 Å². The van der Waals surface area contributed by atoms with Gasteiger partial charge in [0.1, 0.15) is 0 Å². The average molecular weight is 393 g/mol. The summed E-state index contributed by atoms with van der Waals surface area (Å²) >= 11 is 0. The molecule has 0 aromatic rings. The molecule has 0 saturated carbocycles. The van der Waals surface area contributed by atoms with Crippen LogP contribution in [0.25, 0.3) is 0 Å². The summed E-state index contributed by atoms with van der Waals surface area (Å²) in [5.41, 5.74) is 0. The van der Waals surface area contributed by atoms with Crippen LogP contribution in [0.1, 0.15) is 27.7 Å². The van der Waals surface area contributed by atoms with Crippen LogP contribution in [0.2, 0.25) is 0 Å². The van der Waals surface area contributed by atoms with E-state index in [-0.39, 0.29) is 11.8 Å². The maximum Gasteiger partial charge on any atom is 0.222 e. The highest BCUT2D eigenvalue weighted by Gasteiger charge is 2.04. The number of hydrogen-bond acceptors (Lipinski definition) is 7. The molecule has 0 aliphatic carbocycles. The maximum absolute atomic E-state index is 11.3. The second kappa shape index (κ2) is 20.0. The highest BCUT2D eigenvalue weighted by molar-refractivity contribution is 5.77. The first-order valence-electron chi connectivity index (χ1n) is 9.93. The maximum atomic E-state index is 11.3. The number of hydrogen-bond donors (Lipinski definition) is 2. The Morgan fingerprint density at radius 3 is 1.37 bits per heavy atom. The predicted octanol–water partition coefficient (Wildman–Crippen LogP) is 0.840. The van der Waals surface area contributed by atoms with E-state index in [2.05, 4.69) is 24.5 Å². The van der Waals surface area contributed by atoms with E-state index in [1.165, 1.54) is 0 Å². The van der Waals surface area contributed by atoms with Crippen molar-refractivity contribution in [1.82, 2.24) is 10.6 Å². The summed E-state index contributed by atoms with van der Waals surface area (Å²) < 4.78 is 27.0. The second-order valence-electron chi connectivity index (χ2n) is 6.62. The van der Waals surface area contributed by atoms with Gasteiger partial charge in [0.15, 0.2) is 0 Å². The summed E-state index contributed by atoms with van der Waals surface area (Å²) in [6, 6.07) is 0.488. The molecule has 0 heterocycles. The van der Waals surface area contributed by atoms with Gasteiger partial charge in [-0.05, 0) is 0 Å². The Kier molecular flexibility index (Phi) is 19.4. The zero-order valence-electron chi connectivity index (χ0n) is 17.6. The quantitative estimate of drug-likeness (QED) is 0.297. The van der Waals surface area contributed by atoms with Gasteiger partial charge in [-0.2, -0.15) is 0 Å². The van der Waals surface area contributed by atoms with Gasteiger partial charge in [0.25, 0.3) is 0 Å². The van der Waals surface area contributed by atoms with Gasteiger partial charge < -0.3 is 34.3 Å². The minimum Gasteiger partial charge on any atom is -0.378 e. The van der Waals surface area contributed by atoms with Crippen LogP contribution >= 0.6 is 0 Å². The zero-order chi connectivity index (χ0) is 20.2. The molecule has 0 radical (unpaired) electrons. The lowest BCUT2D eigenvalue weighted by Crippen LogP contribution is -2.31. The number of carbonyl (C=O) groups is 1. The van der Waals surface area contributed by atoms with Crippen LogP contribution in [0.5, 0.6) is 0 Å². The monoisotopic (exact) mass is 392 g/mol. The van der Waals surface area contributed by atoms with E-state index in [9.17, 15) is 4.79 Å². The molecule has 0 rings (SSSR count). The standard InChI is InChI=1S/C19H40N2O6/c1-17(2)19(22)21-6-8-24-10-12-26-14-16-27-15-13-25-11-9-23-7-5-20-18(3)4/h17-18,20H,5-16H2,1-4H3,(H,21,22). The third kappa shape index (κ3) is 21.4. The Balaban J connectivity index is 3.06. The number of nitrogens with one attached hydrogen (secondary N) is 2. The molecule has 8 nitrogen and oxygen atoms in total. The van der Waals surface area contributed by atoms with Crippen LogP contribution in [0, 0.1) is 5.92 Å². The molecule has 0 saturated heterocycles. The molecule has 0 fully saturated rings. The minimum atomic E-state index is 0.00387. The van der Waals surface area contributed by atoms with Crippen molar-refractivity contribution in [2.45, 2.75) is 33.7 Å². The lowest BCUT2D eigenvalue weighted by molar-refractivity contribution is -0.124. The van der Waals surface area contributed by atoms with Crippen LogP contribution in [0.15, 0.2) is 0 Å². The SMILES string of the molecule is CC(C)NCCOCCOCCOCCOCCOCCNC(=O)C(C)C. The van der Waals surface area contributed by atoms with Gasteiger partial charge in [0.05, 0.1) is 66.1 Å². The summed E-state index contributed by atoms with van der Waals surface area (Å²) in [7, 11) is 0. The first-order valence-corrected chi connectivity index (χ1v) is 9.93. The average Bonchev–Trinajstić information content (AvgIpc) is 2.63. The zero-order valence-corrected chi connectivity index (χ0v) is 17.6. The third-order valence-corrected chi connectivity index (χ3v) is 3.36. The first kappa shape index (κ1) is 26.2. The number of rotatable bonds is 20. The molecule has 8 heteroatoms.